The molecule has 3 aliphatic carbocycles. The van der Waals surface area contributed by atoms with Gasteiger partial charge in [0.25, 0.3) is 0 Å². The van der Waals surface area contributed by atoms with Crippen LogP contribution >= 0.6 is 0 Å². The summed E-state index contributed by atoms with van der Waals surface area (Å²) in [5.41, 5.74) is 0.755. The van der Waals surface area contributed by atoms with Crippen LogP contribution in [0.2, 0.25) is 0 Å². The lowest BCUT2D eigenvalue weighted by Gasteiger charge is -2.45. The quantitative estimate of drug-likeness (QED) is 0.154. The van der Waals surface area contributed by atoms with Crippen molar-refractivity contribution in [3.63, 3.8) is 0 Å². The van der Waals surface area contributed by atoms with Gasteiger partial charge in [0.15, 0.2) is 18.4 Å². The molecule has 0 amide bonds. The van der Waals surface area contributed by atoms with Crippen molar-refractivity contribution in [1.29, 1.82) is 0 Å². The highest BCUT2D eigenvalue weighted by Crippen LogP contribution is 2.54. The third-order valence-electron chi connectivity index (χ3n) is 13.5. The maximum atomic E-state index is 14.8. The van der Waals surface area contributed by atoms with Crippen molar-refractivity contribution in [2.45, 2.75) is 167 Å². The van der Waals surface area contributed by atoms with Crippen molar-refractivity contribution in [3.05, 3.63) is 36.0 Å². The average Bonchev–Trinajstić information content (AvgIpc) is 3.74. The molecule has 6 rings (SSSR count). The molecule has 316 valence electrons. The molecule has 0 bridgehead atoms. The summed E-state index contributed by atoms with van der Waals surface area (Å²) in [7, 11) is 5.86. The first kappa shape index (κ1) is 43.6. The second kappa shape index (κ2) is 19.9. The van der Waals surface area contributed by atoms with Crippen LogP contribution in [0, 0.1) is 35.5 Å². The fourth-order valence-corrected chi connectivity index (χ4v) is 10.7. The number of Topliss-reactive ketones (excluding diaryl/α,β-unsaturated/α-hetero) is 1. The Hall–Kier alpha value is -1.96. The number of carbonyl (C=O) groups excluding carboxylic acids is 2. The molecule has 11 heteroatoms. The smallest absolute Gasteiger partial charge is 0.307 e. The van der Waals surface area contributed by atoms with Crippen LogP contribution in [0.1, 0.15) is 99.3 Å². The normalized spacial score (nSPS) is 43.5. The van der Waals surface area contributed by atoms with E-state index in [0.717, 1.165) is 44.1 Å². The second-order valence-electron chi connectivity index (χ2n) is 17.3. The maximum absolute atomic E-state index is 14.8. The summed E-state index contributed by atoms with van der Waals surface area (Å²) in [5, 5.41) is 0. The lowest BCUT2D eigenvalue weighted by Crippen LogP contribution is -2.60. The average molecular weight is 786 g/mol. The molecule has 17 atom stereocenters. The van der Waals surface area contributed by atoms with E-state index in [1.165, 1.54) is 0 Å². The number of fused-ring (bicyclic) bond motifs is 5. The van der Waals surface area contributed by atoms with Crippen molar-refractivity contribution in [3.8, 4) is 0 Å². The molecule has 0 aromatic rings. The van der Waals surface area contributed by atoms with Gasteiger partial charge in [0.05, 0.1) is 30.8 Å². The Labute approximate surface area is 336 Å². The lowest BCUT2D eigenvalue weighted by molar-refractivity contribution is -0.319. The molecule has 1 saturated carbocycles. The molecule has 3 heterocycles. The minimum Gasteiger partial charge on any atom is -0.458 e. The first-order chi connectivity index (χ1) is 27.0. The van der Waals surface area contributed by atoms with Crippen LogP contribution in [0.15, 0.2) is 36.0 Å². The van der Waals surface area contributed by atoms with Crippen molar-refractivity contribution < 1.29 is 47.5 Å². The van der Waals surface area contributed by atoms with Crippen LogP contribution in [0.25, 0.3) is 0 Å². The molecule has 0 N–H and O–H groups in total. The molecule has 6 unspecified atom stereocenters. The summed E-state index contributed by atoms with van der Waals surface area (Å²) in [6.07, 6.45) is 14.7. The topological polar surface area (TPSA) is 111 Å². The molecule has 6 aliphatic rings. The summed E-state index contributed by atoms with van der Waals surface area (Å²) >= 11 is 0. The Kier molecular flexibility index (Phi) is 15.5. The van der Waals surface area contributed by atoms with E-state index in [9.17, 15) is 9.59 Å². The van der Waals surface area contributed by atoms with E-state index >= 15 is 0 Å². The number of ether oxygens (including phenoxy) is 8. The van der Waals surface area contributed by atoms with Gasteiger partial charge < -0.3 is 42.8 Å². The van der Waals surface area contributed by atoms with Gasteiger partial charge in [-0.05, 0) is 128 Å². The molecular formula is C45H71NO10. The summed E-state index contributed by atoms with van der Waals surface area (Å²) in [4.78, 5) is 30.7. The Morgan fingerprint density at radius 2 is 1.62 bits per heavy atom. The third-order valence-corrected chi connectivity index (χ3v) is 13.5. The monoisotopic (exact) mass is 786 g/mol. The van der Waals surface area contributed by atoms with Gasteiger partial charge in [0, 0.05) is 38.2 Å². The number of methoxy groups -OCH3 is 1. The van der Waals surface area contributed by atoms with E-state index in [0.29, 0.717) is 32.1 Å². The largest absolute Gasteiger partial charge is 0.458 e. The number of esters is 1. The Balaban J connectivity index is 1.22. The van der Waals surface area contributed by atoms with Crippen molar-refractivity contribution in [1.82, 2.24) is 4.90 Å². The van der Waals surface area contributed by atoms with Crippen molar-refractivity contribution in [2.24, 2.45) is 35.5 Å². The van der Waals surface area contributed by atoms with Crippen LogP contribution in [0.4, 0.5) is 0 Å². The number of nitrogens with zero attached hydrogens (tertiary/aromatic N) is 1. The summed E-state index contributed by atoms with van der Waals surface area (Å²) < 4.78 is 50.8. The zero-order valence-corrected chi connectivity index (χ0v) is 35.5. The maximum Gasteiger partial charge on any atom is 0.307 e. The molecule has 11 nitrogen and oxygen atoms in total. The summed E-state index contributed by atoms with van der Waals surface area (Å²) in [5.74, 6) is -0.124. The number of allylic oxidation sites excluding steroid dienone is 5. The van der Waals surface area contributed by atoms with Crippen LogP contribution < -0.4 is 0 Å². The lowest BCUT2D eigenvalue weighted by atomic mass is 9.70. The van der Waals surface area contributed by atoms with Crippen LogP contribution in [-0.4, -0.2) is 119 Å². The Morgan fingerprint density at radius 1 is 0.857 bits per heavy atom. The number of ketones is 1. The van der Waals surface area contributed by atoms with Gasteiger partial charge in [-0.3, -0.25) is 9.59 Å². The van der Waals surface area contributed by atoms with E-state index in [1.54, 1.807) is 7.11 Å². The predicted octanol–water partition coefficient (Wildman–Crippen LogP) is 6.82. The fraction of sp³-hybridized carbons (Fsp3) is 0.822. The van der Waals surface area contributed by atoms with E-state index < -0.39 is 12.4 Å². The molecule has 0 radical (unpaired) electrons. The number of rotatable bonds is 12. The molecular weight excluding hydrogens is 714 g/mol. The zero-order chi connectivity index (χ0) is 40.1. The first-order valence-electron chi connectivity index (χ1n) is 21.8. The molecule has 4 fully saturated rings. The highest BCUT2D eigenvalue weighted by molar-refractivity contribution is 5.99. The van der Waals surface area contributed by atoms with E-state index in [-0.39, 0.29) is 103 Å². The molecule has 3 saturated heterocycles. The minimum absolute atomic E-state index is 0.0260. The molecule has 0 aromatic heterocycles. The summed E-state index contributed by atoms with van der Waals surface area (Å²) in [6, 6.07) is 0.330. The summed E-state index contributed by atoms with van der Waals surface area (Å²) in [6.45, 7) is 13.3. The van der Waals surface area contributed by atoms with Gasteiger partial charge in [0.2, 0.25) is 0 Å². The van der Waals surface area contributed by atoms with Crippen LogP contribution in [0.5, 0.6) is 0 Å². The number of cyclic esters (lactones) is 1. The van der Waals surface area contributed by atoms with Crippen molar-refractivity contribution in [2.75, 3.05) is 34.4 Å². The van der Waals surface area contributed by atoms with Gasteiger partial charge in [-0.2, -0.15) is 0 Å². The van der Waals surface area contributed by atoms with Gasteiger partial charge in [-0.1, -0.05) is 38.2 Å². The third kappa shape index (κ3) is 9.73. The van der Waals surface area contributed by atoms with E-state index in [1.807, 2.05) is 33.8 Å². The minimum atomic E-state index is -0.598. The van der Waals surface area contributed by atoms with Gasteiger partial charge in [0.1, 0.15) is 24.4 Å². The molecule has 0 spiro atoms. The number of carbonyl (C=O) groups is 2. The zero-order valence-electron chi connectivity index (χ0n) is 35.5. The van der Waals surface area contributed by atoms with Gasteiger partial charge >= 0.3 is 5.97 Å². The van der Waals surface area contributed by atoms with Gasteiger partial charge in [-0.15, -0.1) is 0 Å². The van der Waals surface area contributed by atoms with Gasteiger partial charge in [-0.25, -0.2) is 0 Å². The SMILES string of the molecule is CC/C=C/[C@H]1CCC[C@H](OC2CC[C@H](N(C)C)[C@@H](C)O2)[C@@H](C)C(=O)C2=CC3C4CC(O[C@@H]5O[C@@H](C)[C@H](OCC)[C@@H](OCC)[C@H]5OC)CC4C=C[C@H]3C2CC(=O)O1. The highest BCUT2D eigenvalue weighted by atomic mass is 16.7. The first-order valence-corrected chi connectivity index (χ1v) is 21.8. The fourth-order valence-electron chi connectivity index (χ4n) is 10.7. The number of likely N-dealkylation sites (N-methyl/N-ethyl adjacent to an activating group) is 1. The number of hydrogen-bond donors (Lipinski definition) is 0. The Bertz CT molecular complexity index is 1400. The van der Waals surface area contributed by atoms with E-state index in [4.69, 9.17) is 37.9 Å². The van der Waals surface area contributed by atoms with Crippen LogP contribution in [0.3, 0.4) is 0 Å². The van der Waals surface area contributed by atoms with E-state index in [2.05, 4.69) is 57.1 Å². The standard InChI is InChI=1S/C45H71NO10/c1-10-13-15-30-16-14-17-38(56-40-21-20-37(46(7)8)27(5)52-40)26(4)41(48)36-24-34-32(35(36)25-39(47)54-30)19-18-29-22-31(23-33(29)34)55-45-44(49-9)43(51-12-3)42(50-11-2)28(6)53-45/h13,15,18-19,24,26-35,37-38,40,42-45H,10-12,14,16-17,20-23,25H2,1-9H3/b15-13+/t26-,27-,28+,29?,30+,31?,32-,33?,34?,35?,37+,38+,40?,42+,43-,44-,45+/m1/s1. The predicted molar refractivity (Wildman–Crippen MR) is 213 cm³/mol. The molecule has 3 aliphatic heterocycles. The molecule has 0 aromatic carbocycles. The number of hydrogen-bond acceptors (Lipinski definition) is 11. The molecule has 56 heavy (non-hydrogen) atoms. The van der Waals surface area contributed by atoms with Crippen molar-refractivity contribution >= 4 is 11.8 Å². The Morgan fingerprint density at radius 3 is 2.32 bits per heavy atom. The van der Waals surface area contributed by atoms with Crippen LogP contribution in [-0.2, 0) is 47.5 Å². The second-order valence-corrected chi connectivity index (χ2v) is 17.3. The highest BCUT2D eigenvalue weighted by Gasteiger charge is 2.53.